The van der Waals surface area contributed by atoms with Gasteiger partial charge in [0.2, 0.25) is 5.16 Å². The van der Waals surface area contributed by atoms with Gasteiger partial charge in [0.25, 0.3) is 0 Å². The number of rotatable bonds is 5. The van der Waals surface area contributed by atoms with Crippen molar-refractivity contribution in [3.05, 3.63) is 60.2 Å². The van der Waals surface area contributed by atoms with Gasteiger partial charge >= 0.3 is 6.55 Å². The van der Waals surface area contributed by atoms with Gasteiger partial charge in [0, 0.05) is 5.56 Å². The molecule has 138 valence electrons. The number of nitrogens with two attached hydrogens (primary N) is 1. The predicted octanol–water partition coefficient (Wildman–Crippen LogP) is 3.84. The van der Waals surface area contributed by atoms with Crippen molar-refractivity contribution in [2.24, 2.45) is 0 Å². The Kier molecular flexibility index (Phi) is 4.48. The van der Waals surface area contributed by atoms with Gasteiger partial charge < -0.3 is 5.84 Å². The van der Waals surface area contributed by atoms with Crippen molar-refractivity contribution < 1.29 is 13.2 Å². The second-order valence-electron chi connectivity index (χ2n) is 5.64. The summed E-state index contributed by atoms with van der Waals surface area (Å²) in [6.07, 6.45) is 0. The van der Waals surface area contributed by atoms with Crippen LogP contribution in [0.2, 0.25) is 0 Å². The first-order valence-electron chi connectivity index (χ1n) is 7.88. The first-order valence-corrected chi connectivity index (χ1v) is 8.86. The molecule has 0 saturated heterocycles. The molecule has 0 fully saturated rings. The van der Waals surface area contributed by atoms with Crippen LogP contribution >= 0.6 is 11.8 Å². The molecule has 2 aromatic carbocycles. The summed E-state index contributed by atoms with van der Waals surface area (Å²) in [7, 11) is 0. The summed E-state index contributed by atoms with van der Waals surface area (Å²) >= 11 is 1.14. The lowest BCUT2D eigenvalue weighted by Gasteiger charge is -2.07. The standard InChI is InChI=1S/C17H13F3N6S/c18-11-7-5-10(6-8-11)15-23-24-17(26(15)21)27-9-14-22-12-3-1-2-4-13(12)25(14)16(19)20/h1-8,16H,9,21H2. The lowest BCUT2D eigenvalue weighted by Crippen LogP contribution is -2.12. The molecule has 0 atom stereocenters. The summed E-state index contributed by atoms with van der Waals surface area (Å²) in [6, 6.07) is 12.4. The highest BCUT2D eigenvalue weighted by Gasteiger charge is 2.19. The van der Waals surface area contributed by atoms with E-state index < -0.39 is 6.55 Å². The van der Waals surface area contributed by atoms with Gasteiger partial charge in [0.05, 0.1) is 16.8 Å². The summed E-state index contributed by atoms with van der Waals surface area (Å²) in [5, 5.41) is 8.32. The molecular weight excluding hydrogens is 377 g/mol. The second-order valence-corrected chi connectivity index (χ2v) is 6.58. The topological polar surface area (TPSA) is 74.6 Å². The maximum atomic E-state index is 13.5. The van der Waals surface area contributed by atoms with E-state index in [0.717, 1.165) is 16.3 Å². The van der Waals surface area contributed by atoms with Gasteiger partial charge in [0.15, 0.2) is 5.82 Å². The van der Waals surface area contributed by atoms with Crippen molar-refractivity contribution in [2.45, 2.75) is 17.5 Å². The molecule has 0 saturated carbocycles. The molecule has 0 unspecified atom stereocenters. The Bertz CT molecular complexity index is 1090. The highest BCUT2D eigenvalue weighted by Crippen LogP contribution is 2.28. The van der Waals surface area contributed by atoms with Crippen LogP contribution in [-0.4, -0.2) is 24.4 Å². The summed E-state index contributed by atoms with van der Waals surface area (Å²) in [4.78, 5) is 4.28. The number of para-hydroxylation sites is 2. The molecule has 0 bridgehead atoms. The second kappa shape index (κ2) is 6.95. The summed E-state index contributed by atoms with van der Waals surface area (Å²) < 4.78 is 42.1. The minimum atomic E-state index is -2.71. The fourth-order valence-electron chi connectivity index (χ4n) is 2.71. The molecule has 6 nitrogen and oxygen atoms in total. The molecule has 4 aromatic rings. The molecule has 0 radical (unpaired) electrons. The van der Waals surface area contributed by atoms with E-state index in [9.17, 15) is 13.2 Å². The van der Waals surface area contributed by atoms with E-state index in [1.807, 2.05) is 0 Å². The van der Waals surface area contributed by atoms with Crippen LogP contribution in [0, 0.1) is 5.82 Å². The molecule has 0 amide bonds. The average Bonchev–Trinajstić information content (AvgIpc) is 3.21. The number of nitrogen functional groups attached to an aromatic ring is 1. The van der Waals surface area contributed by atoms with Gasteiger partial charge in [-0.1, -0.05) is 23.9 Å². The third-order valence-electron chi connectivity index (χ3n) is 3.96. The van der Waals surface area contributed by atoms with Gasteiger partial charge in [0.1, 0.15) is 11.6 Å². The molecule has 0 aliphatic rings. The zero-order chi connectivity index (χ0) is 19.0. The van der Waals surface area contributed by atoms with Gasteiger partial charge in [-0.3, -0.25) is 4.57 Å². The Morgan fingerprint density at radius 1 is 1.04 bits per heavy atom. The molecule has 2 N–H and O–H groups in total. The highest BCUT2D eigenvalue weighted by atomic mass is 32.2. The molecule has 2 aromatic heterocycles. The van der Waals surface area contributed by atoms with E-state index in [4.69, 9.17) is 5.84 Å². The zero-order valence-corrected chi connectivity index (χ0v) is 14.6. The monoisotopic (exact) mass is 390 g/mol. The van der Waals surface area contributed by atoms with Gasteiger partial charge in [-0.05, 0) is 36.4 Å². The van der Waals surface area contributed by atoms with Crippen LogP contribution < -0.4 is 5.84 Å². The SMILES string of the molecule is Nn1c(SCc2nc3ccccc3n2C(F)F)nnc1-c1ccc(F)cc1. The Balaban J connectivity index is 1.60. The van der Waals surface area contributed by atoms with Crippen molar-refractivity contribution in [3.63, 3.8) is 0 Å². The van der Waals surface area contributed by atoms with Crippen molar-refractivity contribution in [1.29, 1.82) is 0 Å². The highest BCUT2D eigenvalue weighted by molar-refractivity contribution is 7.98. The third-order valence-corrected chi connectivity index (χ3v) is 4.90. The van der Waals surface area contributed by atoms with Gasteiger partial charge in [-0.15, -0.1) is 10.2 Å². The van der Waals surface area contributed by atoms with Crippen LogP contribution in [0.25, 0.3) is 22.4 Å². The summed E-state index contributed by atoms with van der Waals surface area (Å²) in [6.45, 7) is -2.71. The molecule has 0 aliphatic carbocycles. The van der Waals surface area contributed by atoms with E-state index in [2.05, 4.69) is 15.2 Å². The summed E-state index contributed by atoms with van der Waals surface area (Å²) in [5.41, 5.74) is 1.46. The van der Waals surface area contributed by atoms with Crippen molar-refractivity contribution in [1.82, 2.24) is 24.4 Å². The lowest BCUT2D eigenvalue weighted by molar-refractivity contribution is 0.0722. The van der Waals surface area contributed by atoms with Crippen LogP contribution in [0.3, 0.4) is 0 Å². The number of alkyl halides is 2. The summed E-state index contributed by atoms with van der Waals surface area (Å²) in [5.74, 6) is 6.33. The Morgan fingerprint density at radius 3 is 2.52 bits per heavy atom. The Morgan fingerprint density at radius 2 is 1.78 bits per heavy atom. The first-order chi connectivity index (χ1) is 13.0. The number of aromatic nitrogens is 5. The maximum absolute atomic E-state index is 13.5. The number of nitrogens with zero attached hydrogens (tertiary/aromatic N) is 5. The Labute approximate surface area is 155 Å². The zero-order valence-electron chi connectivity index (χ0n) is 13.8. The average molecular weight is 390 g/mol. The Hall–Kier alpha value is -3.01. The predicted molar refractivity (Wildman–Crippen MR) is 96.1 cm³/mol. The quantitative estimate of drug-likeness (QED) is 0.414. The normalized spacial score (nSPS) is 11.6. The van der Waals surface area contributed by atoms with Crippen LogP contribution in [0.5, 0.6) is 0 Å². The van der Waals surface area contributed by atoms with Crippen LogP contribution in [0.4, 0.5) is 13.2 Å². The van der Waals surface area contributed by atoms with Crippen molar-refractivity contribution in [2.75, 3.05) is 5.84 Å². The van der Waals surface area contributed by atoms with Crippen LogP contribution in [-0.2, 0) is 5.75 Å². The molecule has 0 spiro atoms. The molecule has 4 rings (SSSR count). The van der Waals surface area contributed by atoms with Crippen molar-refractivity contribution >= 4 is 22.8 Å². The van der Waals surface area contributed by atoms with Crippen LogP contribution in [0.15, 0.2) is 53.7 Å². The van der Waals surface area contributed by atoms with E-state index in [0.29, 0.717) is 27.6 Å². The van der Waals surface area contributed by atoms with E-state index >= 15 is 0 Å². The number of imidazole rings is 1. The largest absolute Gasteiger partial charge is 0.335 e. The number of halogens is 3. The third kappa shape index (κ3) is 3.23. The number of thioether (sulfide) groups is 1. The molecule has 2 heterocycles. The van der Waals surface area contributed by atoms with E-state index in [1.54, 1.807) is 24.3 Å². The minimum Gasteiger partial charge on any atom is -0.335 e. The smallest absolute Gasteiger partial charge is 0.320 e. The molecule has 27 heavy (non-hydrogen) atoms. The first kappa shape index (κ1) is 17.4. The number of benzene rings is 2. The van der Waals surface area contributed by atoms with Crippen molar-refractivity contribution in [3.8, 4) is 11.4 Å². The number of fused-ring (bicyclic) bond motifs is 1. The molecule has 10 heteroatoms. The number of hydrogen-bond acceptors (Lipinski definition) is 5. The molecular formula is C17H13F3N6S. The van der Waals surface area contributed by atoms with Gasteiger partial charge in [-0.25, -0.2) is 14.1 Å². The lowest BCUT2D eigenvalue weighted by atomic mass is 10.2. The van der Waals surface area contributed by atoms with Crippen LogP contribution in [0.1, 0.15) is 12.4 Å². The fourth-order valence-corrected chi connectivity index (χ4v) is 3.50. The minimum absolute atomic E-state index is 0.137. The number of hydrogen-bond donors (Lipinski definition) is 1. The van der Waals surface area contributed by atoms with E-state index in [1.165, 1.54) is 28.9 Å². The van der Waals surface area contributed by atoms with Gasteiger partial charge in [-0.2, -0.15) is 8.78 Å². The maximum Gasteiger partial charge on any atom is 0.320 e. The fraction of sp³-hybridized carbons (Fsp3) is 0.118. The van der Waals surface area contributed by atoms with E-state index in [-0.39, 0.29) is 17.4 Å². The molecule has 0 aliphatic heterocycles.